The first-order chi connectivity index (χ1) is 12.4. The SMILES string of the molecule is C[C@H](OC(=O)COc1ccc([N+](=O)[O-])cc1)C(=O)Nc1ccccc1Cl. The van der Waals surface area contributed by atoms with E-state index in [4.69, 9.17) is 21.1 Å². The number of benzene rings is 2. The van der Waals surface area contributed by atoms with Crippen molar-refractivity contribution in [2.45, 2.75) is 13.0 Å². The summed E-state index contributed by atoms with van der Waals surface area (Å²) in [6.45, 7) is 0.970. The smallest absolute Gasteiger partial charge is 0.344 e. The van der Waals surface area contributed by atoms with Gasteiger partial charge in [-0.05, 0) is 31.2 Å². The first-order valence-corrected chi connectivity index (χ1v) is 7.86. The molecule has 9 heteroatoms. The zero-order valence-corrected chi connectivity index (χ0v) is 14.4. The highest BCUT2D eigenvalue weighted by atomic mass is 35.5. The van der Waals surface area contributed by atoms with Gasteiger partial charge in [-0.3, -0.25) is 14.9 Å². The third kappa shape index (κ3) is 5.45. The number of para-hydroxylation sites is 1. The van der Waals surface area contributed by atoms with E-state index < -0.39 is 29.5 Å². The van der Waals surface area contributed by atoms with Gasteiger partial charge in [0, 0.05) is 12.1 Å². The fourth-order valence-electron chi connectivity index (χ4n) is 1.89. The van der Waals surface area contributed by atoms with Crippen molar-refractivity contribution in [3.63, 3.8) is 0 Å². The Balaban J connectivity index is 1.82. The number of hydrogen-bond acceptors (Lipinski definition) is 6. The number of nitro groups is 1. The van der Waals surface area contributed by atoms with Crippen molar-refractivity contribution in [2.75, 3.05) is 11.9 Å². The number of esters is 1. The lowest BCUT2D eigenvalue weighted by atomic mass is 10.3. The molecule has 0 aliphatic rings. The monoisotopic (exact) mass is 378 g/mol. The normalized spacial score (nSPS) is 11.3. The Hall–Kier alpha value is -3.13. The molecule has 0 radical (unpaired) electrons. The summed E-state index contributed by atoms with van der Waals surface area (Å²) in [6, 6.07) is 11.9. The van der Waals surface area contributed by atoms with Crippen LogP contribution in [0.2, 0.25) is 5.02 Å². The predicted molar refractivity (Wildman–Crippen MR) is 94.2 cm³/mol. The molecular formula is C17H15ClN2O6. The summed E-state index contributed by atoms with van der Waals surface area (Å²) in [4.78, 5) is 33.8. The molecule has 0 fully saturated rings. The predicted octanol–water partition coefficient (Wildman–Crippen LogP) is 3.20. The average molecular weight is 379 g/mol. The Kier molecular flexibility index (Phi) is 6.51. The average Bonchev–Trinajstić information content (AvgIpc) is 2.62. The maximum absolute atomic E-state index is 12.0. The summed E-state index contributed by atoms with van der Waals surface area (Å²) in [5.74, 6) is -1.03. The van der Waals surface area contributed by atoms with Gasteiger partial charge < -0.3 is 14.8 Å². The largest absolute Gasteiger partial charge is 0.482 e. The molecule has 136 valence electrons. The minimum absolute atomic E-state index is 0.0928. The van der Waals surface area contributed by atoms with Crippen LogP contribution in [0.1, 0.15) is 6.92 Å². The second kappa shape index (κ2) is 8.82. The number of carbonyl (C=O) groups is 2. The summed E-state index contributed by atoms with van der Waals surface area (Å²) in [5, 5.41) is 13.5. The van der Waals surface area contributed by atoms with Gasteiger partial charge in [0.2, 0.25) is 0 Å². The van der Waals surface area contributed by atoms with Crippen molar-refractivity contribution in [3.05, 3.63) is 63.7 Å². The number of anilines is 1. The van der Waals surface area contributed by atoms with E-state index in [2.05, 4.69) is 5.32 Å². The number of nitrogens with one attached hydrogen (secondary N) is 1. The minimum Gasteiger partial charge on any atom is -0.482 e. The van der Waals surface area contributed by atoms with E-state index >= 15 is 0 Å². The quantitative estimate of drug-likeness (QED) is 0.450. The molecule has 0 aliphatic carbocycles. The lowest BCUT2D eigenvalue weighted by Crippen LogP contribution is -2.31. The maximum Gasteiger partial charge on any atom is 0.344 e. The van der Waals surface area contributed by atoms with E-state index in [0.717, 1.165) is 0 Å². The number of amides is 1. The zero-order valence-electron chi connectivity index (χ0n) is 13.7. The lowest BCUT2D eigenvalue weighted by molar-refractivity contribution is -0.384. The Labute approximate surface area is 153 Å². The van der Waals surface area contributed by atoms with Crippen molar-refractivity contribution in [2.24, 2.45) is 0 Å². The molecule has 0 aromatic heterocycles. The van der Waals surface area contributed by atoms with Crippen LogP contribution in [0, 0.1) is 10.1 Å². The summed E-state index contributed by atoms with van der Waals surface area (Å²) < 4.78 is 10.2. The summed E-state index contributed by atoms with van der Waals surface area (Å²) in [5.41, 5.74) is 0.314. The van der Waals surface area contributed by atoms with Crippen molar-refractivity contribution in [1.29, 1.82) is 0 Å². The molecule has 0 aliphatic heterocycles. The molecule has 0 unspecified atom stereocenters. The van der Waals surface area contributed by atoms with E-state index in [1.54, 1.807) is 24.3 Å². The van der Waals surface area contributed by atoms with Crippen molar-refractivity contribution >= 4 is 34.9 Å². The minimum atomic E-state index is -1.06. The molecule has 1 amide bonds. The number of nitrogens with zero attached hydrogens (tertiary/aromatic N) is 1. The second-order valence-electron chi connectivity index (χ2n) is 5.14. The number of rotatable bonds is 7. The maximum atomic E-state index is 12.0. The molecule has 0 bridgehead atoms. The molecule has 0 saturated carbocycles. The van der Waals surface area contributed by atoms with E-state index in [-0.39, 0.29) is 11.4 Å². The third-order valence-corrected chi connectivity index (χ3v) is 3.54. The molecule has 0 heterocycles. The molecule has 2 rings (SSSR count). The fourth-order valence-corrected chi connectivity index (χ4v) is 2.07. The van der Waals surface area contributed by atoms with E-state index in [1.165, 1.54) is 31.2 Å². The van der Waals surface area contributed by atoms with Crippen LogP contribution >= 0.6 is 11.6 Å². The van der Waals surface area contributed by atoms with Crippen molar-refractivity contribution < 1.29 is 24.0 Å². The highest BCUT2D eigenvalue weighted by molar-refractivity contribution is 6.33. The van der Waals surface area contributed by atoms with Gasteiger partial charge >= 0.3 is 5.97 Å². The summed E-state index contributed by atoms with van der Waals surface area (Å²) >= 11 is 5.94. The molecule has 2 aromatic rings. The Morgan fingerprint density at radius 3 is 2.46 bits per heavy atom. The highest BCUT2D eigenvalue weighted by Crippen LogP contribution is 2.21. The van der Waals surface area contributed by atoms with Crippen molar-refractivity contribution in [1.82, 2.24) is 0 Å². The summed E-state index contributed by atoms with van der Waals surface area (Å²) in [7, 11) is 0. The number of halogens is 1. The number of hydrogen-bond donors (Lipinski definition) is 1. The van der Waals surface area contributed by atoms with Crippen LogP contribution < -0.4 is 10.1 Å². The van der Waals surface area contributed by atoms with Gasteiger partial charge in [0.1, 0.15) is 5.75 Å². The van der Waals surface area contributed by atoms with Crippen LogP contribution in [0.3, 0.4) is 0 Å². The van der Waals surface area contributed by atoms with Crippen LogP contribution in [0.5, 0.6) is 5.75 Å². The van der Waals surface area contributed by atoms with Gasteiger partial charge in [-0.15, -0.1) is 0 Å². The van der Waals surface area contributed by atoms with Gasteiger partial charge in [0.05, 0.1) is 15.6 Å². The van der Waals surface area contributed by atoms with Crippen LogP contribution in [0.15, 0.2) is 48.5 Å². The van der Waals surface area contributed by atoms with Gasteiger partial charge in [0.15, 0.2) is 12.7 Å². The molecule has 1 N–H and O–H groups in total. The van der Waals surface area contributed by atoms with E-state index in [1.807, 2.05) is 0 Å². The Bertz CT molecular complexity index is 809. The van der Waals surface area contributed by atoms with Gasteiger partial charge in [-0.2, -0.15) is 0 Å². The molecule has 2 aromatic carbocycles. The standard InChI is InChI=1S/C17H15ClN2O6/c1-11(17(22)19-15-5-3-2-4-14(15)18)26-16(21)10-25-13-8-6-12(7-9-13)20(23)24/h2-9,11H,10H2,1H3,(H,19,22)/t11-/m0/s1. The van der Waals surface area contributed by atoms with Crippen LogP contribution in [0.25, 0.3) is 0 Å². The van der Waals surface area contributed by atoms with Gasteiger partial charge in [-0.1, -0.05) is 23.7 Å². The lowest BCUT2D eigenvalue weighted by Gasteiger charge is -2.14. The van der Waals surface area contributed by atoms with E-state index in [0.29, 0.717) is 10.7 Å². The third-order valence-electron chi connectivity index (χ3n) is 3.21. The molecule has 0 saturated heterocycles. The van der Waals surface area contributed by atoms with Crippen LogP contribution in [-0.4, -0.2) is 29.5 Å². The number of non-ortho nitro benzene ring substituents is 1. The summed E-state index contributed by atoms with van der Waals surface area (Å²) in [6.07, 6.45) is -1.06. The van der Waals surface area contributed by atoms with Crippen LogP contribution in [-0.2, 0) is 14.3 Å². The molecule has 8 nitrogen and oxygen atoms in total. The topological polar surface area (TPSA) is 108 Å². The molecule has 26 heavy (non-hydrogen) atoms. The Morgan fingerprint density at radius 1 is 1.19 bits per heavy atom. The molecular weight excluding hydrogens is 364 g/mol. The molecule has 0 spiro atoms. The Morgan fingerprint density at radius 2 is 1.85 bits per heavy atom. The molecule has 1 atom stereocenters. The first kappa shape index (κ1) is 19.2. The second-order valence-corrected chi connectivity index (χ2v) is 5.55. The number of nitro benzene ring substituents is 1. The van der Waals surface area contributed by atoms with E-state index in [9.17, 15) is 19.7 Å². The first-order valence-electron chi connectivity index (χ1n) is 7.49. The van der Waals surface area contributed by atoms with Crippen LogP contribution in [0.4, 0.5) is 11.4 Å². The number of ether oxygens (including phenoxy) is 2. The zero-order chi connectivity index (χ0) is 19.1. The van der Waals surface area contributed by atoms with Crippen molar-refractivity contribution in [3.8, 4) is 5.75 Å². The fraction of sp³-hybridized carbons (Fsp3) is 0.176. The highest BCUT2D eigenvalue weighted by Gasteiger charge is 2.19. The van der Waals surface area contributed by atoms with Gasteiger partial charge in [-0.25, -0.2) is 4.79 Å². The van der Waals surface area contributed by atoms with Gasteiger partial charge in [0.25, 0.3) is 11.6 Å². The number of carbonyl (C=O) groups excluding carboxylic acids is 2.